The second kappa shape index (κ2) is 10.6. The predicted molar refractivity (Wildman–Crippen MR) is 143 cm³/mol. The monoisotopic (exact) mass is 552 g/mol. The topological polar surface area (TPSA) is 175 Å². The zero-order valence-electron chi connectivity index (χ0n) is 21.7. The van der Waals surface area contributed by atoms with E-state index in [-0.39, 0.29) is 52.6 Å². The van der Waals surface area contributed by atoms with E-state index in [0.29, 0.717) is 22.5 Å². The number of rotatable bonds is 10. The SMILES string of the molecule is CCS(=O)(=O)c1ccc(CNc2nc3cnc(-c4c(C5CC5)nc[nH]c4=O)nc3n([C@@H](C)COC)c2=O)nc1. The van der Waals surface area contributed by atoms with Gasteiger partial charge in [-0.1, -0.05) is 6.92 Å². The first-order valence-corrected chi connectivity index (χ1v) is 14.2. The van der Waals surface area contributed by atoms with E-state index in [1.807, 2.05) is 6.92 Å². The molecule has 14 heteroatoms. The Hall–Kier alpha value is -4.04. The minimum atomic E-state index is -3.36. The van der Waals surface area contributed by atoms with Crippen molar-refractivity contribution in [3.8, 4) is 11.4 Å². The van der Waals surface area contributed by atoms with Crippen molar-refractivity contribution in [1.29, 1.82) is 0 Å². The van der Waals surface area contributed by atoms with E-state index in [1.165, 1.54) is 36.5 Å². The summed E-state index contributed by atoms with van der Waals surface area (Å²) in [6.45, 7) is 3.75. The van der Waals surface area contributed by atoms with Crippen LogP contribution in [-0.2, 0) is 21.1 Å². The van der Waals surface area contributed by atoms with Crippen LogP contribution in [0.15, 0.2) is 45.3 Å². The van der Waals surface area contributed by atoms with E-state index in [0.717, 1.165) is 12.8 Å². The lowest BCUT2D eigenvalue weighted by atomic mass is 10.1. The van der Waals surface area contributed by atoms with Gasteiger partial charge in [0.1, 0.15) is 11.1 Å². The molecule has 0 aliphatic heterocycles. The molecule has 0 amide bonds. The summed E-state index contributed by atoms with van der Waals surface area (Å²) in [6.07, 6.45) is 6.03. The molecule has 1 saturated carbocycles. The average molecular weight is 553 g/mol. The second-order valence-corrected chi connectivity index (χ2v) is 11.6. The summed E-state index contributed by atoms with van der Waals surface area (Å²) in [5.74, 6) is 0.385. The van der Waals surface area contributed by atoms with Gasteiger partial charge in [0, 0.05) is 19.2 Å². The molecule has 0 bridgehead atoms. The van der Waals surface area contributed by atoms with E-state index in [1.54, 1.807) is 13.0 Å². The molecule has 39 heavy (non-hydrogen) atoms. The largest absolute Gasteiger partial charge is 0.383 e. The number of pyridine rings is 1. The summed E-state index contributed by atoms with van der Waals surface area (Å²) in [5, 5.41) is 3.00. The van der Waals surface area contributed by atoms with E-state index < -0.39 is 21.4 Å². The number of sulfone groups is 1. The molecule has 4 aromatic rings. The summed E-state index contributed by atoms with van der Waals surface area (Å²) >= 11 is 0. The van der Waals surface area contributed by atoms with Gasteiger partial charge in [-0.15, -0.1) is 0 Å². The van der Waals surface area contributed by atoms with Crippen molar-refractivity contribution in [3.63, 3.8) is 0 Å². The van der Waals surface area contributed by atoms with Crippen LogP contribution < -0.4 is 16.4 Å². The molecule has 4 heterocycles. The molecule has 0 saturated heterocycles. The first-order valence-electron chi connectivity index (χ1n) is 12.5. The van der Waals surface area contributed by atoms with E-state index in [4.69, 9.17) is 4.74 Å². The number of aromatic nitrogens is 7. The number of nitrogens with zero attached hydrogens (tertiary/aromatic N) is 6. The maximum absolute atomic E-state index is 13.6. The molecular formula is C25H28N8O5S. The van der Waals surface area contributed by atoms with Gasteiger partial charge in [-0.05, 0) is 31.9 Å². The van der Waals surface area contributed by atoms with Crippen LogP contribution in [0.5, 0.6) is 0 Å². The van der Waals surface area contributed by atoms with Gasteiger partial charge in [-0.2, -0.15) is 0 Å². The third-order valence-corrected chi connectivity index (χ3v) is 8.24. The van der Waals surface area contributed by atoms with Gasteiger partial charge < -0.3 is 15.0 Å². The van der Waals surface area contributed by atoms with Crippen LogP contribution in [0.4, 0.5) is 5.82 Å². The van der Waals surface area contributed by atoms with Crippen LogP contribution in [0.1, 0.15) is 50.0 Å². The number of fused-ring (bicyclic) bond motifs is 1. The average Bonchev–Trinajstić information content (AvgIpc) is 3.77. The molecule has 0 spiro atoms. The van der Waals surface area contributed by atoms with Gasteiger partial charge in [0.05, 0.1) is 53.8 Å². The summed E-state index contributed by atoms with van der Waals surface area (Å²) in [7, 11) is -1.83. The standard InChI is InChI=1S/C25H28N8O5S/c1-4-39(36,37)17-8-7-16(26-10-17)9-27-22-25(35)33(14(2)12-38-3)23-18(31-22)11-28-21(32-23)19-20(15-5-6-15)29-13-30-24(19)34/h7-8,10-11,13-15H,4-6,9,12H2,1-3H3,(H,27,31)(H,29,30,34)/t14-/m0/s1. The third kappa shape index (κ3) is 5.29. The van der Waals surface area contributed by atoms with Crippen LogP contribution in [-0.4, -0.2) is 62.4 Å². The number of nitrogens with one attached hydrogen (secondary N) is 2. The lowest BCUT2D eigenvalue weighted by Crippen LogP contribution is -2.30. The number of methoxy groups -OCH3 is 1. The van der Waals surface area contributed by atoms with Gasteiger partial charge in [-0.25, -0.2) is 28.4 Å². The minimum absolute atomic E-state index is 0.0205. The highest BCUT2D eigenvalue weighted by atomic mass is 32.2. The van der Waals surface area contributed by atoms with Crippen molar-refractivity contribution in [1.82, 2.24) is 34.5 Å². The van der Waals surface area contributed by atoms with Gasteiger partial charge in [0.25, 0.3) is 11.1 Å². The molecule has 4 aromatic heterocycles. The Morgan fingerprint density at radius 3 is 2.62 bits per heavy atom. The number of hydrogen-bond acceptors (Lipinski definition) is 11. The van der Waals surface area contributed by atoms with Crippen molar-refractivity contribution in [3.05, 3.63) is 62.9 Å². The lowest BCUT2D eigenvalue weighted by Gasteiger charge is -2.18. The van der Waals surface area contributed by atoms with Crippen molar-refractivity contribution in [2.24, 2.45) is 0 Å². The molecule has 13 nitrogen and oxygen atoms in total. The summed E-state index contributed by atoms with van der Waals surface area (Å²) < 4.78 is 30.9. The molecule has 0 aromatic carbocycles. The quantitative estimate of drug-likeness (QED) is 0.293. The number of anilines is 1. The smallest absolute Gasteiger partial charge is 0.295 e. The van der Waals surface area contributed by atoms with E-state index in [9.17, 15) is 18.0 Å². The fraction of sp³-hybridized carbons (Fsp3) is 0.400. The fourth-order valence-electron chi connectivity index (χ4n) is 4.30. The van der Waals surface area contributed by atoms with Gasteiger partial charge in [0.15, 0.2) is 27.1 Å². The second-order valence-electron chi connectivity index (χ2n) is 9.35. The van der Waals surface area contributed by atoms with Crippen LogP contribution in [0.2, 0.25) is 0 Å². The van der Waals surface area contributed by atoms with Crippen molar-refractivity contribution < 1.29 is 13.2 Å². The number of H-pyrrole nitrogens is 1. The Morgan fingerprint density at radius 1 is 1.15 bits per heavy atom. The Kier molecular flexibility index (Phi) is 7.23. The molecule has 204 valence electrons. The van der Waals surface area contributed by atoms with Gasteiger partial charge in [0.2, 0.25) is 0 Å². The highest BCUT2D eigenvalue weighted by Gasteiger charge is 2.30. The predicted octanol–water partition coefficient (Wildman–Crippen LogP) is 1.82. The molecule has 5 rings (SSSR count). The first-order chi connectivity index (χ1) is 18.7. The zero-order chi connectivity index (χ0) is 27.7. The molecular weight excluding hydrogens is 524 g/mol. The van der Waals surface area contributed by atoms with Crippen LogP contribution in [0, 0.1) is 0 Å². The highest BCUT2D eigenvalue weighted by molar-refractivity contribution is 7.91. The summed E-state index contributed by atoms with van der Waals surface area (Å²) in [4.78, 5) is 51.1. The maximum Gasteiger partial charge on any atom is 0.295 e. The third-order valence-electron chi connectivity index (χ3n) is 6.52. The van der Waals surface area contributed by atoms with Crippen molar-refractivity contribution in [2.45, 2.75) is 50.1 Å². The highest BCUT2D eigenvalue weighted by Crippen LogP contribution is 2.41. The van der Waals surface area contributed by atoms with Gasteiger partial charge >= 0.3 is 0 Å². The molecule has 1 atom stereocenters. The molecule has 0 unspecified atom stereocenters. The molecule has 0 radical (unpaired) electrons. The van der Waals surface area contributed by atoms with Crippen LogP contribution in [0.3, 0.4) is 0 Å². The Bertz CT molecular complexity index is 1750. The Morgan fingerprint density at radius 2 is 1.95 bits per heavy atom. The Balaban J connectivity index is 1.54. The van der Waals surface area contributed by atoms with Crippen molar-refractivity contribution in [2.75, 3.05) is 24.8 Å². The normalized spacial score (nSPS) is 14.4. The van der Waals surface area contributed by atoms with Crippen LogP contribution >= 0.6 is 0 Å². The number of aromatic amines is 1. The van der Waals surface area contributed by atoms with E-state index >= 15 is 0 Å². The molecule has 1 aliphatic carbocycles. The molecule has 2 N–H and O–H groups in total. The zero-order valence-corrected chi connectivity index (χ0v) is 22.5. The molecule has 1 aliphatic rings. The minimum Gasteiger partial charge on any atom is -0.383 e. The molecule has 1 fully saturated rings. The van der Waals surface area contributed by atoms with E-state index in [2.05, 4.69) is 35.2 Å². The first kappa shape index (κ1) is 26.6. The summed E-state index contributed by atoms with van der Waals surface area (Å²) in [5.41, 5.74) is 1.28. The number of ether oxygens (including phenoxy) is 1. The fourth-order valence-corrected chi connectivity index (χ4v) is 5.12. The number of hydrogen-bond donors (Lipinski definition) is 2. The summed E-state index contributed by atoms with van der Waals surface area (Å²) in [6, 6.07) is 2.66. The van der Waals surface area contributed by atoms with Crippen molar-refractivity contribution >= 4 is 26.8 Å². The van der Waals surface area contributed by atoms with Crippen LogP contribution in [0.25, 0.3) is 22.6 Å². The van der Waals surface area contributed by atoms with Gasteiger partial charge in [-0.3, -0.25) is 19.1 Å². The Labute approximate surface area is 223 Å². The maximum atomic E-state index is 13.6. The lowest BCUT2D eigenvalue weighted by molar-refractivity contribution is 0.162.